The normalized spacial score (nSPS) is 28.0. The average Bonchev–Trinajstić information content (AvgIpc) is 3.24. The van der Waals surface area contributed by atoms with Crippen LogP contribution in [0.5, 0.6) is 0 Å². The van der Waals surface area contributed by atoms with Crippen LogP contribution in [0.1, 0.15) is 40.7 Å². The van der Waals surface area contributed by atoms with Gasteiger partial charge in [0.05, 0.1) is 6.10 Å². The molecule has 4 rings (SSSR count). The number of nitrogens with zero attached hydrogens (tertiary/aromatic N) is 1. The average molecular weight is 327 g/mol. The number of hydrogen-bond donors (Lipinski definition) is 0. The molecule has 1 fully saturated rings. The zero-order chi connectivity index (χ0) is 15.6. The summed E-state index contributed by atoms with van der Waals surface area (Å²) in [6.45, 7) is 3.38. The van der Waals surface area contributed by atoms with Crippen LogP contribution in [0.25, 0.3) is 0 Å². The van der Waals surface area contributed by atoms with Gasteiger partial charge in [0.15, 0.2) is 0 Å². The van der Waals surface area contributed by atoms with Crippen LogP contribution in [0.3, 0.4) is 0 Å². The van der Waals surface area contributed by atoms with Gasteiger partial charge in [0.25, 0.3) is 0 Å². The van der Waals surface area contributed by atoms with Gasteiger partial charge in [0.2, 0.25) is 0 Å². The SMILES string of the molecule is COC1CN(CC2CCCc3ccccc32)CC1c1cccs1. The number of likely N-dealkylation sites (tertiary alicyclic amines) is 1. The lowest BCUT2D eigenvalue weighted by Gasteiger charge is -2.29. The van der Waals surface area contributed by atoms with E-state index in [1.54, 1.807) is 11.1 Å². The third-order valence-corrected chi connectivity index (χ3v) is 6.53. The van der Waals surface area contributed by atoms with Gasteiger partial charge in [-0.25, -0.2) is 0 Å². The number of thiophene rings is 1. The first-order valence-corrected chi connectivity index (χ1v) is 9.59. The standard InChI is InChI=1S/C20H25NOS/c1-22-19-14-21(13-18(19)20-10-5-11-23-20)12-16-8-4-7-15-6-2-3-9-17(15)16/h2-3,5-6,9-11,16,18-19H,4,7-8,12-14H2,1H3. The second-order valence-corrected chi connectivity index (χ2v) is 7.88. The first kappa shape index (κ1) is 15.4. The summed E-state index contributed by atoms with van der Waals surface area (Å²) in [5.74, 6) is 1.23. The van der Waals surface area contributed by atoms with Crippen molar-refractivity contribution < 1.29 is 4.74 Å². The van der Waals surface area contributed by atoms with E-state index in [2.05, 4.69) is 46.7 Å². The lowest BCUT2D eigenvalue weighted by Crippen LogP contribution is -2.29. The maximum absolute atomic E-state index is 5.80. The van der Waals surface area contributed by atoms with E-state index in [-0.39, 0.29) is 0 Å². The van der Waals surface area contributed by atoms with E-state index < -0.39 is 0 Å². The van der Waals surface area contributed by atoms with Crippen molar-refractivity contribution in [2.24, 2.45) is 0 Å². The molecule has 1 aromatic carbocycles. The Hall–Kier alpha value is -1.16. The Kier molecular flexibility index (Phi) is 4.52. The van der Waals surface area contributed by atoms with Gasteiger partial charge in [0.1, 0.15) is 0 Å². The Morgan fingerprint density at radius 2 is 2.09 bits per heavy atom. The number of ether oxygens (including phenoxy) is 1. The molecule has 2 nitrogen and oxygen atoms in total. The Morgan fingerprint density at radius 3 is 2.91 bits per heavy atom. The third kappa shape index (κ3) is 3.10. The molecule has 3 atom stereocenters. The first-order valence-electron chi connectivity index (χ1n) is 8.71. The summed E-state index contributed by atoms with van der Waals surface area (Å²) in [4.78, 5) is 4.11. The molecule has 1 saturated heterocycles. The number of benzene rings is 1. The van der Waals surface area contributed by atoms with Crippen molar-refractivity contribution in [1.29, 1.82) is 0 Å². The van der Waals surface area contributed by atoms with Crippen LogP contribution in [0.4, 0.5) is 0 Å². The van der Waals surface area contributed by atoms with Crippen molar-refractivity contribution in [2.45, 2.75) is 37.2 Å². The van der Waals surface area contributed by atoms with Gasteiger partial charge in [-0.2, -0.15) is 0 Å². The monoisotopic (exact) mass is 327 g/mol. The molecule has 3 heteroatoms. The van der Waals surface area contributed by atoms with Crippen molar-refractivity contribution in [2.75, 3.05) is 26.7 Å². The van der Waals surface area contributed by atoms with E-state index in [1.807, 2.05) is 18.4 Å². The van der Waals surface area contributed by atoms with Gasteiger partial charge in [-0.15, -0.1) is 11.3 Å². The van der Waals surface area contributed by atoms with E-state index >= 15 is 0 Å². The first-order chi connectivity index (χ1) is 11.3. The molecule has 3 unspecified atom stereocenters. The minimum atomic E-state index is 0.340. The molecule has 2 heterocycles. The summed E-state index contributed by atoms with van der Waals surface area (Å²) in [6, 6.07) is 13.5. The van der Waals surface area contributed by atoms with Crippen LogP contribution in [-0.4, -0.2) is 37.7 Å². The Balaban J connectivity index is 1.48. The summed E-state index contributed by atoms with van der Waals surface area (Å²) in [5.41, 5.74) is 3.16. The molecule has 0 spiro atoms. The van der Waals surface area contributed by atoms with Crippen LogP contribution in [0.2, 0.25) is 0 Å². The fourth-order valence-corrected chi connectivity index (χ4v) is 5.24. The van der Waals surface area contributed by atoms with Crippen molar-refractivity contribution in [1.82, 2.24) is 4.90 Å². The largest absolute Gasteiger partial charge is 0.379 e. The molecule has 122 valence electrons. The molecular formula is C20H25NOS. The van der Waals surface area contributed by atoms with E-state index in [0.29, 0.717) is 17.9 Å². The molecular weight excluding hydrogens is 302 g/mol. The van der Waals surface area contributed by atoms with Crippen molar-refractivity contribution in [3.8, 4) is 0 Å². The van der Waals surface area contributed by atoms with Gasteiger partial charge in [-0.05, 0) is 47.8 Å². The van der Waals surface area contributed by atoms with Gasteiger partial charge in [0, 0.05) is 37.5 Å². The highest BCUT2D eigenvalue weighted by Crippen LogP contribution is 2.36. The predicted molar refractivity (Wildman–Crippen MR) is 96.4 cm³/mol. The van der Waals surface area contributed by atoms with Gasteiger partial charge in [-0.1, -0.05) is 30.3 Å². The zero-order valence-electron chi connectivity index (χ0n) is 13.8. The van der Waals surface area contributed by atoms with E-state index in [9.17, 15) is 0 Å². The van der Waals surface area contributed by atoms with Crippen LogP contribution < -0.4 is 0 Å². The molecule has 0 N–H and O–H groups in total. The van der Waals surface area contributed by atoms with Crippen LogP contribution >= 0.6 is 11.3 Å². The van der Waals surface area contributed by atoms with Crippen LogP contribution in [-0.2, 0) is 11.2 Å². The maximum atomic E-state index is 5.80. The third-order valence-electron chi connectivity index (χ3n) is 5.53. The lowest BCUT2D eigenvalue weighted by molar-refractivity contribution is 0.0970. The highest BCUT2D eigenvalue weighted by atomic mass is 32.1. The van der Waals surface area contributed by atoms with Crippen molar-refractivity contribution >= 4 is 11.3 Å². The van der Waals surface area contributed by atoms with Crippen LogP contribution in [0.15, 0.2) is 41.8 Å². The minimum Gasteiger partial charge on any atom is -0.379 e. The molecule has 0 amide bonds. The quantitative estimate of drug-likeness (QED) is 0.831. The number of fused-ring (bicyclic) bond motifs is 1. The smallest absolute Gasteiger partial charge is 0.0786 e. The molecule has 1 aliphatic carbocycles. The topological polar surface area (TPSA) is 12.5 Å². The molecule has 0 bridgehead atoms. The lowest BCUT2D eigenvalue weighted by atomic mass is 9.82. The van der Waals surface area contributed by atoms with E-state index in [0.717, 1.165) is 13.1 Å². The Labute approximate surface area is 143 Å². The summed E-state index contributed by atoms with van der Waals surface area (Å²) in [7, 11) is 1.87. The second kappa shape index (κ2) is 6.76. The summed E-state index contributed by atoms with van der Waals surface area (Å²) < 4.78 is 5.80. The van der Waals surface area contributed by atoms with Gasteiger partial charge in [-0.3, -0.25) is 4.90 Å². The minimum absolute atomic E-state index is 0.340. The molecule has 1 aromatic heterocycles. The summed E-state index contributed by atoms with van der Waals surface area (Å²) in [5, 5.41) is 2.18. The van der Waals surface area contributed by atoms with E-state index in [1.165, 1.54) is 30.7 Å². The summed E-state index contributed by atoms with van der Waals surface area (Å²) in [6.07, 6.45) is 4.25. The number of methoxy groups -OCH3 is 1. The molecule has 23 heavy (non-hydrogen) atoms. The number of aryl methyl sites for hydroxylation is 1. The van der Waals surface area contributed by atoms with Crippen molar-refractivity contribution in [3.05, 3.63) is 57.8 Å². The highest BCUT2D eigenvalue weighted by Gasteiger charge is 2.36. The highest BCUT2D eigenvalue weighted by molar-refractivity contribution is 7.10. The Bertz CT molecular complexity index is 639. The molecule has 1 aliphatic heterocycles. The Morgan fingerprint density at radius 1 is 1.17 bits per heavy atom. The fourth-order valence-electron chi connectivity index (χ4n) is 4.37. The fraction of sp³-hybridized carbons (Fsp3) is 0.500. The molecule has 0 radical (unpaired) electrons. The van der Waals surface area contributed by atoms with Crippen molar-refractivity contribution in [3.63, 3.8) is 0 Å². The summed E-state index contributed by atoms with van der Waals surface area (Å²) >= 11 is 1.87. The molecule has 2 aromatic rings. The molecule has 2 aliphatic rings. The second-order valence-electron chi connectivity index (χ2n) is 6.90. The number of rotatable bonds is 4. The maximum Gasteiger partial charge on any atom is 0.0786 e. The molecule has 0 saturated carbocycles. The van der Waals surface area contributed by atoms with Crippen LogP contribution in [0, 0.1) is 0 Å². The zero-order valence-corrected chi connectivity index (χ0v) is 14.6. The van der Waals surface area contributed by atoms with Gasteiger partial charge >= 0.3 is 0 Å². The van der Waals surface area contributed by atoms with Gasteiger partial charge < -0.3 is 4.74 Å². The predicted octanol–water partition coefficient (Wildman–Crippen LogP) is 4.28. The van der Waals surface area contributed by atoms with E-state index in [4.69, 9.17) is 4.74 Å². The number of hydrogen-bond acceptors (Lipinski definition) is 3.